The Bertz CT molecular complexity index is 1010. The molecular formula is C45H72O5. The zero-order valence-electron chi connectivity index (χ0n) is 31.9. The van der Waals surface area contributed by atoms with Gasteiger partial charge in [-0.25, -0.2) is 0 Å². The zero-order chi connectivity index (χ0) is 36.4. The number of unbranched alkanes of at least 4 members (excludes halogenated alkanes) is 10. The summed E-state index contributed by atoms with van der Waals surface area (Å²) in [5.41, 5.74) is 0. The van der Waals surface area contributed by atoms with Crippen molar-refractivity contribution in [2.24, 2.45) is 0 Å². The molecule has 1 atom stereocenters. The van der Waals surface area contributed by atoms with Crippen molar-refractivity contribution in [2.75, 3.05) is 13.2 Å². The van der Waals surface area contributed by atoms with E-state index >= 15 is 0 Å². The van der Waals surface area contributed by atoms with Crippen molar-refractivity contribution in [3.63, 3.8) is 0 Å². The summed E-state index contributed by atoms with van der Waals surface area (Å²) in [5.74, 6) is -0.637. The number of rotatable bonds is 34. The second-order valence-electron chi connectivity index (χ2n) is 12.7. The second-order valence-corrected chi connectivity index (χ2v) is 12.7. The molecule has 50 heavy (non-hydrogen) atoms. The van der Waals surface area contributed by atoms with Gasteiger partial charge in [0.25, 0.3) is 0 Å². The molecule has 0 fully saturated rings. The average Bonchev–Trinajstić information content (AvgIpc) is 3.12. The summed E-state index contributed by atoms with van der Waals surface area (Å²) in [6, 6.07) is 0. The van der Waals surface area contributed by atoms with Crippen LogP contribution in [0.25, 0.3) is 0 Å². The van der Waals surface area contributed by atoms with Crippen molar-refractivity contribution in [3.05, 3.63) is 97.2 Å². The Morgan fingerprint density at radius 3 is 1.14 bits per heavy atom. The monoisotopic (exact) mass is 693 g/mol. The Balaban J connectivity index is 3.59. The van der Waals surface area contributed by atoms with Gasteiger partial charge in [-0.05, 0) is 96.3 Å². The molecule has 0 spiro atoms. The first-order valence-corrected chi connectivity index (χ1v) is 19.8. The lowest BCUT2D eigenvalue weighted by atomic mass is 10.1. The average molecular weight is 693 g/mol. The molecule has 0 aliphatic heterocycles. The topological polar surface area (TPSA) is 72.8 Å². The minimum absolute atomic E-state index is 0.146. The van der Waals surface area contributed by atoms with Crippen molar-refractivity contribution in [1.29, 1.82) is 0 Å². The Hall–Kier alpha value is -3.18. The predicted molar refractivity (Wildman–Crippen MR) is 214 cm³/mol. The van der Waals surface area contributed by atoms with Gasteiger partial charge in [-0.1, -0.05) is 143 Å². The van der Waals surface area contributed by atoms with Crippen molar-refractivity contribution in [3.8, 4) is 0 Å². The molecule has 0 radical (unpaired) electrons. The Labute approximate surface area is 307 Å². The Morgan fingerprint density at radius 2 is 0.760 bits per heavy atom. The van der Waals surface area contributed by atoms with E-state index in [4.69, 9.17) is 9.47 Å². The maximum Gasteiger partial charge on any atom is 0.305 e. The van der Waals surface area contributed by atoms with Crippen LogP contribution in [0.4, 0.5) is 0 Å². The Kier molecular flexibility index (Phi) is 37.7. The number of esters is 2. The molecule has 0 aliphatic rings. The third kappa shape index (κ3) is 39.3. The lowest BCUT2D eigenvalue weighted by Crippen LogP contribution is -2.25. The van der Waals surface area contributed by atoms with Gasteiger partial charge >= 0.3 is 11.9 Å². The van der Waals surface area contributed by atoms with Crippen LogP contribution in [0.1, 0.15) is 155 Å². The number of aliphatic hydroxyl groups is 1. The number of hydrogen-bond donors (Lipinski definition) is 1. The molecule has 0 saturated carbocycles. The third-order valence-electron chi connectivity index (χ3n) is 7.80. The van der Waals surface area contributed by atoms with E-state index < -0.39 is 6.10 Å². The first-order valence-electron chi connectivity index (χ1n) is 19.8. The zero-order valence-corrected chi connectivity index (χ0v) is 31.9. The van der Waals surface area contributed by atoms with Gasteiger partial charge in [0, 0.05) is 12.8 Å². The van der Waals surface area contributed by atoms with Gasteiger partial charge in [-0.3, -0.25) is 9.59 Å². The van der Waals surface area contributed by atoms with Gasteiger partial charge in [0.2, 0.25) is 0 Å². The molecule has 0 saturated heterocycles. The fourth-order valence-corrected chi connectivity index (χ4v) is 4.82. The number of aliphatic hydroxyl groups excluding tert-OH is 1. The lowest BCUT2D eigenvalue weighted by Gasteiger charge is -2.12. The summed E-state index contributed by atoms with van der Waals surface area (Å²) in [6.45, 7) is 4.09. The SMILES string of the molecule is CC/C=C\C/C=C\C/C=C\C/C=C\CCCCCCC(=O)OC[C@H](O)COC(=O)CCCCC/C=C\C/C=C\C/C=C\C/C=C\CCCCC. The molecule has 5 heteroatoms. The van der Waals surface area contributed by atoms with E-state index in [0.29, 0.717) is 12.8 Å². The van der Waals surface area contributed by atoms with Crippen LogP contribution in [0.5, 0.6) is 0 Å². The fraction of sp³-hybridized carbons (Fsp3) is 0.600. The second kappa shape index (κ2) is 40.3. The predicted octanol–water partition coefficient (Wildman–Crippen LogP) is 12.5. The molecule has 0 unspecified atom stereocenters. The van der Waals surface area contributed by atoms with Gasteiger partial charge in [0.05, 0.1) is 0 Å². The van der Waals surface area contributed by atoms with E-state index in [-0.39, 0.29) is 25.2 Å². The first-order chi connectivity index (χ1) is 24.6. The number of carbonyl (C=O) groups excluding carboxylic acids is 2. The molecule has 0 aliphatic carbocycles. The number of ether oxygens (including phenoxy) is 2. The molecule has 282 valence electrons. The smallest absolute Gasteiger partial charge is 0.305 e. The molecule has 0 heterocycles. The number of allylic oxidation sites excluding steroid dienone is 16. The summed E-state index contributed by atoms with van der Waals surface area (Å²) in [4.78, 5) is 23.9. The van der Waals surface area contributed by atoms with Crippen molar-refractivity contribution in [2.45, 2.75) is 161 Å². The molecule has 0 bridgehead atoms. The van der Waals surface area contributed by atoms with Crippen molar-refractivity contribution >= 4 is 11.9 Å². The number of carbonyl (C=O) groups is 2. The summed E-state index contributed by atoms with van der Waals surface area (Å²) in [7, 11) is 0. The largest absolute Gasteiger partial charge is 0.463 e. The van der Waals surface area contributed by atoms with E-state index in [2.05, 4.69) is 111 Å². The van der Waals surface area contributed by atoms with E-state index in [1.54, 1.807) is 0 Å². The molecule has 5 nitrogen and oxygen atoms in total. The number of hydrogen-bond acceptors (Lipinski definition) is 5. The highest BCUT2D eigenvalue weighted by molar-refractivity contribution is 5.69. The normalized spacial score (nSPS) is 13.3. The standard InChI is InChI=1S/C45H72O5/c1-3-5-7-9-11-13-15-17-19-21-22-24-26-28-30-32-34-36-38-40-45(48)50-42-43(46)41-49-44(47)39-37-35-33-31-29-27-25-23-20-18-16-14-12-10-8-6-4-2/h6,8,11-14,17-20,22,24-25,27-28,30,43,46H,3-5,7,9-10,15-16,21,23,26,29,31-42H2,1-2H3/b8-6-,13-11-,14-12-,19-17-,20-18-,24-22-,27-25-,30-28-/t43-/m0/s1. The van der Waals surface area contributed by atoms with Crippen molar-refractivity contribution in [1.82, 2.24) is 0 Å². The van der Waals surface area contributed by atoms with Gasteiger partial charge < -0.3 is 14.6 Å². The van der Waals surface area contributed by atoms with Crippen LogP contribution >= 0.6 is 0 Å². The van der Waals surface area contributed by atoms with Crippen LogP contribution in [0, 0.1) is 0 Å². The van der Waals surface area contributed by atoms with Crippen LogP contribution < -0.4 is 0 Å². The molecule has 0 aromatic carbocycles. The van der Waals surface area contributed by atoms with Gasteiger partial charge in [-0.2, -0.15) is 0 Å². The summed E-state index contributed by atoms with van der Waals surface area (Å²) in [6.07, 6.45) is 56.0. The minimum atomic E-state index is -0.994. The molecule has 0 aromatic heterocycles. The molecule has 1 N–H and O–H groups in total. The van der Waals surface area contributed by atoms with E-state index in [1.807, 2.05) is 0 Å². The quantitative estimate of drug-likeness (QED) is 0.0413. The highest BCUT2D eigenvalue weighted by atomic mass is 16.6. The van der Waals surface area contributed by atoms with Gasteiger partial charge in [0.1, 0.15) is 19.3 Å². The van der Waals surface area contributed by atoms with Crippen LogP contribution in [0.2, 0.25) is 0 Å². The van der Waals surface area contributed by atoms with E-state index in [0.717, 1.165) is 103 Å². The molecular weight excluding hydrogens is 620 g/mol. The minimum Gasteiger partial charge on any atom is -0.463 e. The van der Waals surface area contributed by atoms with Crippen LogP contribution in [-0.2, 0) is 19.1 Å². The summed E-state index contributed by atoms with van der Waals surface area (Å²) >= 11 is 0. The molecule has 0 aromatic rings. The highest BCUT2D eigenvalue weighted by Gasteiger charge is 2.12. The fourth-order valence-electron chi connectivity index (χ4n) is 4.82. The van der Waals surface area contributed by atoms with Crippen LogP contribution in [0.3, 0.4) is 0 Å². The highest BCUT2D eigenvalue weighted by Crippen LogP contribution is 2.09. The maximum absolute atomic E-state index is 12.0. The lowest BCUT2D eigenvalue weighted by molar-refractivity contribution is -0.152. The Morgan fingerprint density at radius 1 is 0.440 bits per heavy atom. The van der Waals surface area contributed by atoms with Gasteiger partial charge in [0.15, 0.2) is 0 Å². The maximum atomic E-state index is 12.0. The van der Waals surface area contributed by atoms with Gasteiger partial charge in [-0.15, -0.1) is 0 Å². The van der Waals surface area contributed by atoms with Crippen LogP contribution in [0.15, 0.2) is 97.2 Å². The van der Waals surface area contributed by atoms with Crippen molar-refractivity contribution < 1.29 is 24.2 Å². The molecule has 0 rings (SSSR count). The van der Waals surface area contributed by atoms with E-state index in [1.165, 1.54) is 25.7 Å². The molecule has 0 amide bonds. The third-order valence-corrected chi connectivity index (χ3v) is 7.80. The van der Waals surface area contributed by atoms with Crippen LogP contribution in [-0.4, -0.2) is 36.4 Å². The summed E-state index contributed by atoms with van der Waals surface area (Å²) in [5, 5.41) is 10.0. The first kappa shape index (κ1) is 46.8. The van der Waals surface area contributed by atoms with E-state index in [9.17, 15) is 14.7 Å². The summed E-state index contributed by atoms with van der Waals surface area (Å²) < 4.78 is 10.3.